The lowest BCUT2D eigenvalue weighted by Crippen LogP contribution is -2.18. The van der Waals surface area contributed by atoms with Gasteiger partial charge in [-0.1, -0.05) is 48.2 Å². The Hall–Kier alpha value is -2.38. The second-order valence-corrected chi connectivity index (χ2v) is 7.58. The summed E-state index contributed by atoms with van der Waals surface area (Å²) in [6, 6.07) is 13.9. The number of hydrogen-bond donors (Lipinski definition) is 1. The van der Waals surface area contributed by atoms with E-state index in [1.807, 2.05) is 54.0 Å². The van der Waals surface area contributed by atoms with Gasteiger partial charge in [0.05, 0.1) is 18.4 Å². The van der Waals surface area contributed by atoms with E-state index in [-0.39, 0.29) is 17.8 Å². The number of thioether (sulfide) groups is 1. The molecule has 0 bridgehead atoms. The molecular weight excluding hydrogens is 360 g/mol. The summed E-state index contributed by atoms with van der Waals surface area (Å²) in [5, 5.41) is 14.3. The van der Waals surface area contributed by atoms with Gasteiger partial charge in [-0.25, -0.2) is 0 Å². The molecule has 1 N–H and O–H groups in total. The van der Waals surface area contributed by atoms with Crippen molar-refractivity contribution in [3.8, 4) is 0 Å². The Labute approximate surface area is 162 Å². The van der Waals surface area contributed by atoms with E-state index >= 15 is 0 Å². The van der Waals surface area contributed by atoms with E-state index in [1.54, 1.807) is 0 Å². The lowest BCUT2D eigenvalue weighted by molar-refractivity contribution is -0.113. The summed E-state index contributed by atoms with van der Waals surface area (Å²) in [4.78, 5) is 12.5. The number of ether oxygens (including phenoxy) is 1. The summed E-state index contributed by atoms with van der Waals surface area (Å²) in [6.45, 7) is 3.50. The fourth-order valence-corrected chi connectivity index (χ4v) is 4.11. The largest absolute Gasteiger partial charge is 0.376 e. The van der Waals surface area contributed by atoms with Gasteiger partial charge < -0.3 is 14.6 Å². The van der Waals surface area contributed by atoms with E-state index in [0.29, 0.717) is 0 Å². The number of anilines is 1. The average molecular weight is 382 g/mol. The van der Waals surface area contributed by atoms with E-state index in [0.717, 1.165) is 53.4 Å². The Balaban J connectivity index is 1.41. The first-order chi connectivity index (χ1) is 13.2. The van der Waals surface area contributed by atoms with Crippen LogP contribution in [0, 0.1) is 6.92 Å². The Kier molecular flexibility index (Phi) is 5.40. The molecule has 140 valence electrons. The van der Waals surface area contributed by atoms with Crippen molar-refractivity contribution >= 4 is 34.1 Å². The van der Waals surface area contributed by atoms with E-state index in [4.69, 9.17) is 4.74 Å². The van der Waals surface area contributed by atoms with Crippen molar-refractivity contribution in [2.45, 2.75) is 37.6 Å². The van der Waals surface area contributed by atoms with Gasteiger partial charge in [-0.05, 0) is 31.2 Å². The number of aromatic nitrogens is 3. The van der Waals surface area contributed by atoms with Crippen molar-refractivity contribution in [3.63, 3.8) is 0 Å². The Morgan fingerprint density at radius 3 is 2.96 bits per heavy atom. The molecule has 7 heteroatoms. The number of amides is 1. The van der Waals surface area contributed by atoms with Crippen LogP contribution in [0.5, 0.6) is 0 Å². The maximum Gasteiger partial charge on any atom is 0.234 e. The van der Waals surface area contributed by atoms with Gasteiger partial charge in [0.1, 0.15) is 5.82 Å². The monoisotopic (exact) mass is 382 g/mol. The van der Waals surface area contributed by atoms with Gasteiger partial charge in [-0.2, -0.15) is 0 Å². The highest BCUT2D eigenvalue weighted by Crippen LogP contribution is 2.24. The zero-order chi connectivity index (χ0) is 18.6. The third kappa shape index (κ3) is 4.14. The fourth-order valence-electron chi connectivity index (χ4n) is 3.32. The lowest BCUT2D eigenvalue weighted by atomic mass is 10.1. The normalized spacial score (nSPS) is 16.7. The molecule has 2 heterocycles. The van der Waals surface area contributed by atoms with Crippen molar-refractivity contribution in [1.29, 1.82) is 0 Å². The highest BCUT2D eigenvalue weighted by atomic mass is 32.2. The zero-order valence-corrected chi connectivity index (χ0v) is 16.0. The van der Waals surface area contributed by atoms with Gasteiger partial charge >= 0.3 is 0 Å². The number of nitrogens with one attached hydrogen (secondary N) is 1. The number of aryl methyl sites for hydroxylation is 1. The number of carbonyl (C=O) groups excluding carboxylic acids is 1. The summed E-state index contributed by atoms with van der Waals surface area (Å²) in [5.41, 5.74) is 0.829. The minimum atomic E-state index is -0.0549. The second-order valence-electron chi connectivity index (χ2n) is 6.64. The van der Waals surface area contributed by atoms with Crippen molar-refractivity contribution in [2.24, 2.45) is 0 Å². The van der Waals surface area contributed by atoms with Crippen LogP contribution in [0.15, 0.2) is 47.6 Å². The third-order valence-electron chi connectivity index (χ3n) is 4.71. The van der Waals surface area contributed by atoms with Crippen molar-refractivity contribution < 1.29 is 9.53 Å². The van der Waals surface area contributed by atoms with Gasteiger partial charge in [0.2, 0.25) is 5.91 Å². The molecule has 0 aliphatic carbocycles. The van der Waals surface area contributed by atoms with Gasteiger partial charge in [-0.15, -0.1) is 10.2 Å². The van der Waals surface area contributed by atoms with Crippen LogP contribution >= 0.6 is 11.8 Å². The molecule has 1 aliphatic heterocycles. The quantitative estimate of drug-likeness (QED) is 0.659. The molecule has 1 aliphatic rings. The zero-order valence-electron chi connectivity index (χ0n) is 15.2. The topological polar surface area (TPSA) is 69.0 Å². The summed E-state index contributed by atoms with van der Waals surface area (Å²) in [5.74, 6) is 1.08. The summed E-state index contributed by atoms with van der Waals surface area (Å²) in [6.07, 6.45) is 2.37. The third-order valence-corrected chi connectivity index (χ3v) is 5.67. The molecule has 3 aromatic rings. The highest BCUT2D eigenvalue weighted by Gasteiger charge is 2.20. The molecule has 0 unspecified atom stereocenters. The molecule has 1 aromatic heterocycles. The van der Waals surface area contributed by atoms with Crippen LogP contribution in [0.25, 0.3) is 10.8 Å². The number of benzene rings is 2. The molecule has 27 heavy (non-hydrogen) atoms. The summed E-state index contributed by atoms with van der Waals surface area (Å²) >= 11 is 1.41. The average Bonchev–Trinajstić information content (AvgIpc) is 3.32. The SMILES string of the molecule is Cc1nnc(SCC(=O)Nc2cccc3ccccc23)n1C[C@@H]1CCCO1. The maximum atomic E-state index is 12.5. The lowest BCUT2D eigenvalue weighted by Gasteiger charge is -2.13. The number of rotatable bonds is 6. The van der Waals surface area contributed by atoms with Gasteiger partial charge in [0, 0.05) is 17.7 Å². The molecule has 0 spiro atoms. The number of nitrogens with zero attached hydrogens (tertiary/aromatic N) is 3. The van der Waals surface area contributed by atoms with E-state index in [9.17, 15) is 4.79 Å². The molecule has 1 amide bonds. The number of carbonyl (C=O) groups is 1. The van der Waals surface area contributed by atoms with Crippen molar-refractivity contribution in [3.05, 3.63) is 48.3 Å². The Bertz CT molecular complexity index is 945. The molecule has 0 radical (unpaired) electrons. The van der Waals surface area contributed by atoms with Crippen LogP contribution in [0.3, 0.4) is 0 Å². The number of fused-ring (bicyclic) bond motifs is 1. The Morgan fingerprint density at radius 1 is 1.26 bits per heavy atom. The maximum absolute atomic E-state index is 12.5. The van der Waals surface area contributed by atoms with Crippen LogP contribution in [0.4, 0.5) is 5.69 Å². The van der Waals surface area contributed by atoms with E-state index in [2.05, 4.69) is 15.5 Å². The molecule has 1 saturated heterocycles. The van der Waals surface area contributed by atoms with Gasteiger partial charge in [0.25, 0.3) is 0 Å². The smallest absolute Gasteiger partial charge is 0.234 e. The van der Waals surface area contributed by atoms with Crippen LogP contribution in [-0.2, 0) is 16.1 Å². The molecule has 1 atom stereocenters. The molecular formula is C20H22N4O2S. The van der Waals surface area contributed by atoms with E-state index in [1.165, 1.54) is 11.8 Å². The Morgan fingerprint density at radius 2 is 2.11 bits per heavy atom. The minimum Gasteiger partial charge on any atom is -0.376 e. The standard InChI is InChI=1S/C20H22N4O2S/c1-14-22-23-20(24(14)12-16-8-5-11-26-16)27-13-19(25)21-18-10-4-7-15-6-2-3-9-17(15)18/h2-4,6-7,9-10,16H,5,8,11-13H2,1H3,(H,21,25)/t16-/m0/s1. The van der Waals surface area contributed by atoms with Crippen LogP contribution in [-0.4, -0.2) is 39.1 Å². The van der Waals surface area contributed by atoms with Crippen LogP contribution in [0.1, 0.15) is 18.7 Å². The highest BCUT2D eigenvalue weighted by molar-refractivity contribution is 7.99. The predicted molar refractivity (Wildman–Crippen MR) is 107 cm³/mol. The summed E-state index contributed by atoms with van der Waals surface area (Å²) < 4.78 is 7.76. The molecule has 4 rings (SSSR count). The second kappa shape index (κ2) is 8.10. The molecule has 0 saturated carbocycles. The van der Waals surface area contributed by atoms with Gasteiger partial charge in [-0.3, -0.25) is 4.79 Å². The predicted octanol–water partition coefficient (Wildman–Crippen LogP) is 3.65. The molecule has 1 fully saturated rings. The number of hydrogen-bond acceptors (Lipinski definition) is 5. The van der Waals surface area contributed by atoms with Crippen molar-refractivity contribution in [1.82, 2.24) is 14.8 Å². The van der Waals surface area contributed by atoms with Crippen molar-refractivity contribution in [2.75, 3.05) is 17.7 Å². The van der Waals surface area contributed by atoms with Crippen LogP contribution in [0.2, 0.25) is 0 Å². The molecule has 2 aromatic carbocycles. The first kappa shape index (κ1) is 18.0. The summed E-state index contributed by atoms with van der Waals surface area (Å²) in [7, 11) is 0. The van der Waals surface area contributed by atoms with Crippen LogP contribution < -0.4 is 5.32 Å². The van der Waals surface area contributed by atoms with Gasteiger partial charge in [0.15, 0.2) is 5.16 Å². The first-order valence-corrected chi connectivity index (χ1v) is 10.1. The first-order valence-electron chi connectivity index (χ1n) is 9.12. The fraction of sp³-hybridized carbons (Fsp3) is 0.350. The molecule has 6 nitrogen and oxygen atoms in total. The minimum absolute atomic E-state index is 0.0549. The van der Waals surface area contributed by atoms with E-state index < -0.39 is 0 Å².